The van der Waals surface area contributed by atoms with Crippen LogP contribution in [0.15, 0.2) is 99.8 Å². The monoisotopic (exact) mass is 678 g/mol. The second-order valence-electron chi connectivity index (χ2n) is 14.1. The van der Waals surface area contributed by atoms with Crippen molar-refractivity contribution in [3.63, 3.8) is 0 Å². The first-order valence-corrected chi connectivity index (χ1v) is 19.3. The molecule has 0 amide bonds. The van der Waals surface area contributed by atoms with Gasteiger partial charge in [0, 0.05) is 68.2 Å². The Kier molecular flexibility index (Phi) is 5.64. The van der Waals surface area contributed by atoms with Crippen molar-refractivity contribution in [2.24, 2.45) is 0 Å². The molecule has 4 heterocycles. The molecule has 1 atom stereocenters. The Morgan fingerprint density at radius 3 is 1.82 bits per heavy atom. The van der Waals surface area contributed by atoms with E-state index >= 15 is 0 Å². The topological polar surface area (TPSA) is 26.3 Å². The molecule has 0 saturated carbocycles. The average Bonchev–Trinajstić information content (AvgIpc) is 3.93. The molecule has 0 N–H and O–H groups in total. The Hall–Kier alpha value is -5.16. The Morgan fingerprint density at radius 1 is 0.540 bits per heavy atom. The largest absolute Gasteiger partial charge is 0.457 e. The minimum Gasteiger partial charge on any atom is -0.457 e. The highest BCUT2D eigenvalue weighted by atomic mass is 32.1. The Bertz CT molecular complexity index is 3020. The van der Waals surface area contributed by atoms with E-state index in [1.807, 2.05) is 22.7 Å². The Labute approximate surface area is 296 Å². The van der Waals surface area contributed by atoms with Gasteiger partial charge in [0.2, 0.25) is 0 Å². The van der Waals surface area contributed by atoms with Crippen molar-refractivity contribution in [2.45, 2.75) is 38.0 Å². The summed E-state index contributed by atoms with van der Waals surface area (Å²) in [4.78, 5) is 0. The summed E-state index contributed by atoms with van der Waals surface area (Å²) in [6, 6.07) is 31.2. The number of rotatable bonds is 2. The van der Waals surface area contributed by atoms with Crippen molar-refractivity contribution in [3.8, 4) is 0 Å². The maximum atomic E-state index is 6.70. The molecular formula is C46H30O2S2. The van der Waals surface area contributed by atoms with Gasteiger partial charge in [-0.2, -0.15) is 0 Å². The molecule has 0 spiro atoms. The van der Waals surface area contributed by atoms with Gasteiger partial charge in [0.05, 0.1) is 0 Å². The van der Waals surface area contributed by atoms with Crippen molar-refractivity contribution >= 4 is 104 Å². The van der Waals surface area contributed by atoms with Gasteiger partial charge in [-0.1, -0.05) is 66.7 Å². The fourth-order valence-electron chi connectivity index (χ4n) is 9.38. The smallest absolute Gasteiger partial charge is 0.131 e. The van der Waals surface area contributed by atoms with E-state index in [1.54, 1.807) is 0 Å². The average molecular weight is 679 g/mol. The first-order chi connectivity index (χ1) is 24.8. The molecule has 0 aliphatic heterocycles. The van der Waals surface area contributed by atoms with Gasteiger partial charge in [-0.3, -0.25) is 0 Å². The number of allylic oxidation sites excluding steroid dienone is 3. The lowest BCUT2D eigenvalue weighted by molar-refractivity contribution is 0.513. The van der Waals surface area contributed by atoms with E-state index in [-0.39, 0.29) is 0 Å². The summed E-state index contributed by atoms with van der Waals surface area (Å²) in [5.41, 5.74) is 12.0. The van der Waals surface area contributed by atoms with E-state index in [2.05, 4.69) is 115 Å². The van der Waals surface area contributed by atoms with Crippen LogP contribution in [0.4, 0.5) is 0 Å². The molecule has 1 unspecified atom stereocenters. The molecule has 4 heteroatoms. The summed E-state index contributed by atoms with van der Waals surface area (Å²) >= 11 is 3.77. The quantitative estimate of drug-likeness (QED) is 0.182. The molecule has 0 saturated heterocycles. The third kappa shape index (κ3) is 3.78. The van der Waals surface area contributed by atoms with Crippen molar-refractivity contribution in [2.75, 3.05) is 0 Å². The maximum Gasteiger partial charge on any atom is 0.131 e. The van der Waals surface area contributed by atoms with Crippen LogP contribution in [0, 0.1) is 0 Å². The molecule has 0 radical (unpaired) electrons. The van der Waals surface area contributed by atoms with Crippen LogP contribution in [-0.4, -0.2) is 0 Å². The predicted octanol–water partition coefficient (Wildman–Crippen LogP) is 11.7. The molecule has 4 aliphatic carbocycles. The van der Waals surface area contributed by atoms with Crippen LogP contribution < -0.4 is 10.6 Å². The molecule has 4 aromatic heterocycles. The third-order valence-corrected chi connectivity index (χ3v) is 13.8. The Morgan fingerprint density at radius 2 is 1.14 bits per heavy atom. The lowest BCUT2D eigenvalue weighted by atomic mass is 9.76. The summed E-state index contributed by atoms with van der Waals surface area (Å²) in [5.74, 6) is 3.41. The van der Waals surface area contributed by atoms with Gasteiger partial charge in [-0.15, -0.1) is 22.7 Å². The minimum atomic E-state index is 0.298. The second kappa shape index (κ2) is 10.2. The van der Waals surface area contributed by atoms with E-state index in [0.29, 0.717) is 5.92 Å². The van der Waals surface area contributed by atoms with E-state index in [1.165, 1.54) is 90.1 Å². The third-order valence-electron chi connectivity index (χ3n) is 11.5. The highest BCUT2D eigenvalue weighted by Crippen LogP contribution is 2.48. The molecule has 2 nitrogen and oxygen atoms in total. The molecule has 0 bridgehead atoms. The van der Waals surface area contributed by atoms with Gasteiger partial charge in [-0.25, -0.2) is 0 Å². The summed E-state index contributed by atoms with van der Waals surface area (Å²) in [6.45, 7) is 0. The highest BCUT2D eigenvalue weighted by molar-refractivity contribution is 7.26. The Balaban J connectivity index is 0.958. The molecule has 50 heavy (non-hydrogen) atoms. The first kappa shape index (κ1) is 27.6. The molecule has 12 rings (SSSR count). The summed E-state index contributed by atoms with van der Waals surface area (Å²) in [5, 5.41) is 6.79. The maximum absolute atomic E-state index is 6.70. The van der Waals surface area contributed by atoms with Crippen molar-refractivity contribution in [1.82, 2.24) is 0 Å². The lowest BCUT2D eigenvalue weighted by Gasteiger charge is -2.25. The van der Waals surface area contributed by atoms with E-state index in [9.17, 15) is 0 Å². The zero-order valence-electron chi connectivity index (χ0n) is 27.2. The van der Waals surface area contributed by atoms with Gasteiger partial charge in [0.1, 0.15) is 22.7 Å². The van der Waals surface area contributed by atoms with Gasteiger partial charge in [0.25, 0.3) is 0 Å². The highest BCUT2D eigenvalue weighted by Gasteiger charge is 2.34. The lowest BCUT2D eigenvalue weighted by Crippen LogP contribution is -2.32. The number of fused-ring (bicyclic) bond motifs is 14. The molecule has 4 aliphatic rings. The van der Waals surface area contributed by atoms with Crippen LogP contribution in [0.1, 0.15) is 70.3 Å². The normalized spacial score (nSPS) is 17.7. The molecular weight excluding hydrogens is 649 g/mol. The van der Waals surface area contributed by atoms with Crippen LogP contribution in [0.25, 0.3) is 81.4 Å². The number of hydrogen-bond donors (Lipinski definition) is 0. The van der Waals surface area contributed by atoms with Gasteiger partial charge < -0.3 is 8.83 Å². The minimum absolute atomic E-state index is 0.298. The number of benzene rings is 4. The number of thiophene rings is 2. The summed E-state index contributed by atoms with van der Waals surface area (Å²) in [7, 11) is 0. The van der Waals surface area contributed by atoms with Crippen molar-refractivity contribution in [3.05, 3.63) is 147 Å². The number of furan rings is 2. The fraction of sp³-hybridized carbons (Fsp3) is 0.130. The predicted molar refractivity (Wildman–Crippen MR) is 212 cm³/mol. The molecule has 0 fully saturated rings. The van der Waals surface area contributed by atoms with Crippen LogP contribution in [-0.2, 0) is 12.8 Å². The molecule has 238 valence electrons. The van der Waals surface area contributed by atoms with Crippen LogP contribution in [0.5, 0.6) is 0 Å². The van der Waals surface area contributed by atoms with E-state index < -0.39 is 0 Å². The van der Waals surface area contributed by atoms with Crippen molar-refractivity contribution < 1.29 is 8.83 Å². The summed E-state index contributed by atoms with van der Waals surface area (Å²) in [6.07, 6.45) is 16.5. The van der Waals surface area contributed by atoms with Crippen LogP contribution >= 0.6 is 22.7 Å². The first-order valence-electron chi connectivity index (χ1n) is 17.7. The van der Waals surface area contributed by atoms with Gasteiger partial charge >= 0.3 is 0 Å². The number of hydrogen-bond acceptors (Lipinski definition) is 4. The molecule has 8 aromatic rings. The van der Waals surface area contributed by atoms with Gasteiger partial charge in [0.15, 0.2) is 0 Å². The second-order valence-corrected chi connectivity index (χ2v) is 16.2. The van der Waals surface area contributed by atoms with E-state index in [0.717, 1.165) is 54.8 Å². The van der Waals surface area contributed by atoms with Crippen molar-refractivity contribution in [1.29, 1.82) is 0 Å². The zero-order valence-corrected chi connectivity index (χ0v) is 28.8. The SMILES string of the molecule is C1=Cc2oc3c(c2C2CC=c4oc5c(c4=C12)CCC(c1cccc2sc4ccccc4c12)=C5)CCC(c1cccc2sc4ccccc4c12)=C3. The van der Waals surface area contributed by atoms with E-state index in [4.69, 9.17) is 8.83 Å². The summed E-state index contributed by atoms with van der Waals surface area (Å²) < 4.78 is 18.8. The van der Waals surface area contributed by atoms with Gasteiger partial charge in [-0.05, 0) is 109 Å². The van der Waals surface area contributed by atoms with Crippen LogP contribution in [0.3, 0.4) is 0 Å². The van der Waals surface area contributed by atoms with Crippen LogP contribution in [0.2, 0.25) is 0 Å². The molecule has 4 aromatic carbocycles. The zero-order chi connectivity index (χ0) is 32.5. The standard InChI is InChI=1S/C46H30O2S2/c1-3-11-39-33(7-1)45-27(9-5-13-41(45)49-39)25-15-17-31-37(23-25)47-35-21-19-30-29(43(31)35)20-22-36-44(30)32-18-16-26(24-38(32)48-36)28-10-6-14-42-46(28)34-8-2-4-12-40(34)50-42/h1-14,19,21-24,29H,15-18,20H2. The fourth-order valence-corrected chi connectivity index (χ4v) is 11.6.